The first-order chi connectivity index (χ1) is 17.2. The first-order valence-corrected chi connectivity index (χ1v) is 13.4. The molecule has 4 rings (SSSR count). The molecule has 1 saturated heterocycles. The predicted molar refractivity (Wildman–Crippen MR) is 131 cm³/mol. The number of aromatic nitrogens is 4. The van der Waals surface area contributed by atoms with Crippen molar-refractivity contribution < 1.29 is 22.7 Å². The van der Waals surface area contributed by atoms with Gasteiger partial charge in [0.1, 0.15) is 22.8 Å². The summed E-state index contributed by atoms with van der Waals surface area (Å²) >= 11 is 1.11. The molecule has 3 aromatic heterocycles. The van der Waals surface area contributed by atoms with Crippen LogP contribution in [0.4, 0.5) is 5.95 Å². The Balaban J connectivity index is 1.56. The molecule has 1 fully saturated rings. The Labute approximate surface area is 210 Å². The van der Waals surface area contributed by atoms with Gasteiger partial charge in [0.15, 0.2) is 0 Å². The fourth-order valence-corrected chi connectivity index (χ4v) is 6.93. The van der Waals surface area contributed by atoms with Crippen LogP contribution in [-0.2, 0) is 30.9 Å². The Morgan fingerprint density at radius 1 is 1.14 bits per heavy atom. The van der Waals surface area contributed by atoms with Crippen LogP contribution in [0.1, 0.15) is 11.8 Å². The molecule has 15 heteroatoms. The number of piperazine rings is 1. The number of nitrogens with one attached hydrogen (secondary N) is 1. The number of anilines is 1. The topological polar surface area (TPSA) is 157 Å². The highest BCUT2D eigenvalue weighted by Crippen LogP contribution is 2.33. The SMILES string of the molecule is CCOC(=O)CNC(=O)Cn1cnc2sc(C)c(S(=O)(=O)N3CCN(c4ncccn4)CC3)c2c1=O. The number of amides is 1. The standard InChI is InChI=1S/C21H25N7O6S2/c1-3-34-16(30)11-24-15(29)12-27-13-25-19-17(20(27)31)18(14(2)35-19)36(32,33)28-9-7-26(8-10-28)21-22-5-4-6-23-21/h4-6,13H,3,7-12H2,1-2H3,(H,24,29). The third kappa shape index (κ3) is 5.22. The lowest BCUT2D eigenvalue weighted by Crippen LogP contribution is -2.49. The molecule has 0 aliphatic carbocycles. The molecule has 13 nitrogen and oxygen atoms in total. The lowest BCUT2D eigenvalue weighted by Gasteiger charge is -2.33. The van der Waals surface area contributed by atoms with Crippen molar-refractivity contribution in [3.05, 3.63) is 40.0 Å². The van der Waals surface area contributed by atoms with Crippen molar-refractivity contribution in [1.29, 1.82) is 0 Å². The fourth-order valence-electron chi connectivity index (χ4n) is 3.84. The zero-order valence-corrected chi connectivity index (χ0v) is 21.3. The zero-order valence-electron chi connectivity index (χ0n) is 19.7. The molecule has 4 heterocycles. The molecule has 1 amide bonds. The van der Waals surface area contributed by atoms with Crippen LogP contribution in [-0.4, -0.2) is 83.4 Å². The van der Waals surface area contributed by atoms with E-state index in [9.17, 15) is 22.8 Å². The molecule has 192 valence electrons. The van der Waals surface area contributed by atoms with Crippen LogP contribution < -0.4 is 15.8 Å². The summed E-state index contributed by atoms with van der Waals surface area (Å²) < 4.78 is 34.4. The first-order valence-electron chi connectivity index (χ1n) is 11.1. The molecule has 0 aromatic carbocycles. The van der Waals surface area contributed by atoms with Crippen molar-refractivity contribution in [2.45, 2.75) is 25.3 Å². The molecule has 0 unspecified atom stereocenters. The lowest BCUT2D eigenvalue weighted by atomic mass is 10.3. The van der Waals surface area contributed by atoms with Gasteiger partial charge in [-0.15, -0.1) is 11.3 Å². The second-order valence-corrected chi connectivity index (χ2v) is 10.9. The van der Waals surface area contributed by atoms with Gasteiger partial charge in [0.2, 0.25) is 21.9 Å². The molecule has 0 bridgehead atoms. The number of nitrogens with zero attached hydrogens (tertiary/aromatic N) is 6. The van der Waals surface area contributed by atoms with E-state index >= 15 is 0 Å². The summed E-state index contributed by atoms with van der Waals surface area (Å²) in [5, 5.41) is 2.32. The molecular formula is C21H25N7O6S2. The number of hydrogen-bond acceptors (Lipinski definition) is 11. The minimum absolute atomic E-state index is 0.0491. The molecule has 0 atom stereocenters. The van der Waals surface area contributed by atoms with Gasteiger partial charge in [-0.05, 0) is 19.9 Å². The molecular weight excluding hydrogens is 510 g/mol. The van der Waals surface area contributed by atoms with Crippen molar-refractivity contribution in [2.75, 3.05) is 44.2 Å². The Kier molecular flexibility index (Phi) is 7.61. The Morgan fingerprint density at radius 3 is 2.50 bits per heavy atom. The average molecular weight is 536 g/mol. The number of carbonyl (C=O) groups excluding carboxylic acids is 2. The second-order valence-electron chi connectivity index (χ2n) is 7.87. The van der Waals surface area contributed by atoms with Gasteiger partial charge < -0.3 is 15.0 Å². The van der Waals surface area contributed by atoms with E-state index < -0.39 is 34.0 Å². The fraction of sp³-hybridized carbons (Fsp3) is 0.429. The van der Waals surface area contributed by atoms with Crippen LogP contribution in [0.5, 0.6) is 0 Å². The summed E-state index contributed by atoms with van der Waals surface area (Å²) in [5.74, 6) is -0.686. The maximum atomic E-state index is 13.6. The third-order valence-electron chi connectivity index (χ3n) is 5.52. The minimum atomic E-state index is -4.02. The van der Waals surface area contributed by atoms with E-state index in [1.165, 1.54) is 10.6 Å². The van der Waals surface area contributed by atoms with Gasteiger partial charge in [0.25, 0.3) is 5.56 Å². The van der Waals surface area contributed by atoms with Crippen LogP contribution in [0.2, 0.25) is 0 Å². The van der Waals surface area contributed by atoms with Gasteiger partial charge >= 0.3 is 5.97 Å². The number of thiophene rings is 1. The van der Waals surface area contributed by atoms with E-state index in [2.05, 4.69) is 20.3 Å². The van der Waals surface area contributed by atoms with Gasteiger partial charge in [-0.3, -0.25) is 19.0 Å². The van der Waals surface area contributed by atoms with Crippen molar-refractivity contribution in [3.8, 4) is 0 Å². The number of rotatable bonds is 8. The highest BCUT2D eigenvalue weighted by atomic mass is 32.2. The quantitative estimate of drug-likeness (QED) is 0.381. The Morgan fingerprint density at radius 2 is 1.83 bits per heavy atom. The number of carbonyl (C=O) groups is 2. The van der Waals surface area contributed by atoms with Gasteiger partial charge in [0, 0.05) is 43.4 Å². The predicted octanol–water partition coefficient (Wildman–Crippen LogP) is -0.253. The Bertz CT molecular complexity index is 1430. The van der Waals surface area contributed by atoms with Crippen LogP contribution in [0.3, 0.4) is 0 Å². The van der Waals surface area contributed by atoms with Crippen LogP contribution in [0.25, 0.3) is 10.2 Å². The van der Waals surface area contributed by atoms with Crippen molar-refractivity contribution in [2.24, 2.45) is 0 Å². The highest BCUT2D eigenvalue weighted by molar-refractivity contribution is 7.89. The molecule has 0 spiro atoms. The highest BCUT2D eigenvalue weighted by Gasteiger charge is 2.34. The monoisotopic (exact) mass is 535 g/mol. The smallest absolute Gasteiger partial charge is 0.325 e. The van der Waals surface area contributed by atoms with E-state index in [0.29, 0.717) is 23.9 Å². The van der Waals surface area contributed by atoms with Crippen molar-refractivity contribution in [1.82, 2.24) is 29.1 Å². The normalized spacial score (nSPS) is 14.7. The first kappa shape index (κ1) is 25.7. The molecule has 1 aliphatic rings. The van der Waals surface area contributed by atoms with Crippen LogP contribution >= 0.6 is 11.3 Å². The maximum absolute atomic E-state index is 13.6. The number of esters is 1. The van der Waals surface area contributed by atoms with Crippen molar-refractivity contribution in [3.63, 3.8) is 0 Å². The third-order valence-corrected chi connectivity index (χ3v) is 8.73. The molecule has 1 N–H and O–H groups in total. The molecule has 0 saturated carbocycles. The molecule has 3 aromatic rings. The molecule has 1 aliphatic heterocycles. The Hall–Kier alpha value is -3.43. The van der Waals surface area contributed by atoms with E-state index in [1.54, 1.807) is 32.3 Å². The summed E-state index contributed by atoms with van der Waals surface area (Å²) in [6, 6.07) is 1.71. The number of hydrogen-bond donors (Lipinski definition) is 1. The van der Waals surface area contributed by atoms with Crippen LogP contribution in [0.15, 0.2) is 34.5 Å². The van der Waals surface area contributed by atoms with Gasteiger partial charge in [0.05, 0.1) is 18.3 Å². The number of ether oxygens (including phenoxy) is 1. The lowest BCUT2D eigenvalue weighted by molar-refractivity contribution is -0.143. The second kappa shape index (κ2) is 10.7. The van der Waals surface area contributed by atoms with E-state index in [1.807, 2.05) is 4.90 Å². The minimum Gasteiger partial charge on any atom is -0.465 e. The zero-order chi connectivity index (χ0) is 25.9. The summed E-state index contributed by atoms with van der Waals surface area (Å²) in [7, 11) is -4.02. The molecule has 36 heavy (non-hydrogen) atoms. The summed E-state index contributed by atoms with van der Waals surface area (Å²) in [4.78, 5) is 52.1. The summed E-state index contributed by atoms with van der Waals surface area (Å²) in [6.07, 6.45) is 4.45. The number of sulfonamides is 1. The summed E-state index contributed by atoms with van der Waals surface area (Å²) in [6.45, 7) is 3.87. The maximum Gasteiger partial charge on any atom is 0.325 e. The van der Waals surface area contributed by atoms with Gasteiger partial charge in [-0.25, -0.2) is 23.4 Å². The van der Waals surface area contributed by atoms with Crippen molar-refractivity contribution >= 4 is 49.4 Å². The van der Waals surface area contributed by atoms with E-state index in [-0.39, 0.29) is 41.4 Å². The van der Waals surface area contributed by atoms with Gasteiger partial charge in [-0.1, -0.05) is 0 Å². The largest absolute Gasteiger partial charge is 0.465 e. The summed E-state index contributed by atoms with van der Waals surface area (Å²) in [5.41, 5.74) is -0.648. The van der Waals surface area contributed by atoms with E-state index in [0.717, 1.165) is 15.9 Å². The van der Waals surface area contributed by atoms with Crippen LogP contribution in [0, 0.1) is 6.92 Å². The van der Waals surface area contributed by atoms with E-state index in [4.69, 9.17) is 4.74 Å². The average Bonchev–Trinajstić information content (AvgIpc) is 3.23. The number of aryl methyl sites for hydroxylation is 1. The molecule has 0 radical (unpaired) electrons. The number of fused-ring (bicyclic) bond motifs is 1. The van der Waals surface area contributed by atoms with Gasteiger partial charge in [-0.2, -0.15) is 4.31 Å².